The van der Waals surface area contributed by atoms with Crippen molar-refractivity contribution in [1.82, 2.24) is 19.4 Å². The van der Waals surface area contributed by atoms with Crippen molar-refractivity contribution in [3.8, 4) is 22.3 Å². The van der Waals surface area contributed by atoms with Gasteiger partial charge in [0.15, 0.2) is 0 Å². The predicted molar refractivity (Wildman–Crippen MR) is 124 cm³/mol. The van der Waals surface area contributed by atoms with Crippen molar-refractivity contribution in [2.75, 3.05) is 20.1 Å². The Bertz CT molecular complexity index is 1170. The molecule has 4 aromatic rings. The van der Waals surface area contributed by atoms with E-state index in [4.69, 9.17) is 16.6 Å². The van der Waals surface area contributed by atoms with Crippen molar-refractivity contribution in [2.24, 2.45) is 5.92 Å². The fourth-order valence-corrected chi connectivity index (χ4v) is 4.70. The topological polar surface area (TPSA) is 34.0 Å². The molecule has 5 rings (SSSR count). The van der Waals surface area contributed by atoms with Crippen LogP contribution in [-0.2, 0) is 6.54 Å². The summed E-state index contributed by atoms with van der Waals surface area (Å²) in [6.45, 7) is 3.39. The van der Waals surface area contributed by atoms with Crippen LogP contribution in [0, 0.1) is 5.92 Å². The molecule has 1 aliphatic rings. The molecule has 3 aromatic heterocycles. The van der Waals surface area contributed by atoms with E-state index in [0.29, 0.717) is 5.92 Å². The van der Waals surface area contributed by atoms with Crippen LogP contribution in [-0.4, -0.2) is 39.6 Å². The van der Waals surface area contributed by atoms with Gasteiger partial charge in [0, 0.05) is 59.6 Å². The normalized spacial score (nSPS) is 17.5. The molecule has 4 nitrogen and oxygen atoms in total. The molecule has 5 heteroatoms. The zero-order chi connectivity index (χ0) is 20.5. The largest absolute Gasteiger partial charge is 0.345 e. The second-order valence-corrected chi connectivity index (χ2v) is 8.74. The molecule has 1 fully saturated rings. The lowest BCUT2D eigenvalue weighted by Crippen LogP contribution is -2.33. The van der Waals surface area contributed by atoms with Gasteiger partial charge in [-0.05, 0) is 68.2 Å². The second-order valence-electron chi connectivity index (χ2n) is 8.31. The number of hydrogen-bond acceptors (Lipinski definition) is 3. The van der Waals surface area contributed by atoms with Crippen molar-refractivity contribution >= 4 is 22.6 Å². The lowest BCUT2D eigenvalue weighted by molar-refractivity contribution is 0.196. The van der Waals surface area contributed by atoms with E-state index in [1.54, 1.807) is 0 Å². The summed E-state index contributed by atoms with van der Waals surface area (Å²) in [4.78, 5) is 11.7. The summed E-state index contributed by atoms with van der Waals surface area (Å²) in [5.74, 6) is 0.672. The Balaban J connectivity index is 1.53. The molecule has 4 heterocycles. The average molecular weight is 417 g/mol. The van der Waals surface area contributed by atoms with Crippen LogP contribution in [0.25, 0.3) is 33.3 Å². The SMILES string of the molecule is CN1CCCC(Cn2cc(-c3cncc(-c4ccc(Cl)cc4)c3)c3ncccc32)C1. The van der Waals surface area contributed by atoms with Crippen molar-refractivity contribution in [2.45, 2.75) is 19.4 Å². The Morgan fingerprint density at radius 2 is 1.90 bits per heavy atom. The third kappa shape index (κ3) is 3.85. The quantitative estimate of drug-likeness (QED) is 0.424. The minimum absolute atomic E-state index is 0.672. The number of fused-ring (bicyclic) bond motifs is 1. The lowest BCUT2D eigenvalue weighted by Gasteiger charge is -2.30. The Labute approximate surface area is 182 Å². The molecule has 1 aliphatic heterocycles. The number of pyridine rings is 2. The van der Waals surface area contributed by atoms with Crippen LogP contribution in [0.4, 0.5) is 0 Å². The van der Waals surface area contributed by atoms with Gasteiger partial charge in [-0.2, -0.15) is 0 Å². The van der Waals surface area contributed by atoms with Gasteiger partial charge >= 0.3 is 0 Å². The van der Waals surface area contributed by atoms with Crippen LogP contribution in [0.1, 0.15) is 12.8 Å². The molecule has 0 amide bonds. The minimum Gasteiger partial charge on any atom is -0.345 e. The molecule has 0 saturated carbocycles. The number of hydrogen-bond donors (Lipinski definition) is 0. The van der Waals surface area contributed by atoms with E-state index in [9.17, 15) is 0 Å². The summed E-state index contributed by atoms with van der Waals surface area (Å²) in [7, 11) is 2.22. The van der Waals surface area contributed by atoms with Crippen LogP contribution in [0.3, 0.4) is 0 Å². The number of nitrogens with zero attached hydrogens (tertiary/aromatic N) is 4. The number of aromatic nitrogens is 3. The molecule has 1 aromatic carbocycles. The van der Waals surface area contributed by atoms with Gasteiger partial charge in [-0.3, -0.25) is 9.97 Å². The Morgan fingerprint density at radius 3 is 2.73 bits per heavy atom. The second kappa shape index (κ2) is 8.21. The van der Waals surface area contributed by atoms with E-state index in [1.165, 1.54) is 24.9 Å². The number of piperidine rings is 1. The fraction of sp³-hybridized carbons (Fsp3) is 0.280. The maximum absolute atomic E-state index is 6.05. The van der Waals surface area contributed by atoms with E-state index in [-0.39, 0.29) is 0 Å². The van der Waals surface area contributed by atoms with Gasteiger partial charge < -0.3 is 9.47 Å². The minimum atomic E-state index is 0.672. The fourth-order valence-electron chi connectivity index (χ4n) is 4.57. The predicted octanol–water partition coefficient (Wildman–Crippen LogP) is 5.76. The highest BCUT2D eigenvalue weighted by atomic mass is 35.5. The highest BCUT2D eigenvalue weighted by Gasteiger charge is 2.20. The number of rotatable bonds is 4. The standard InChI is InChI=1S/C25H25ClN4/c1-29-11-3-4-18(15-29)16-30-17-23(25-24(30)5-2-10-28-25)21-12-20(13-27-14-21)19-6-8-22(26)9-7-19/h2,5-10,12-14,17-18H,3-4,11,15-16H2,1H3. The molecule has 0 spiro atoms. The molecule has 30 heavy (non-hydrogen) atoms. The molecule has 0 radical (unpaired) electrons. The smallest absolute Gasteiger partial charge is 0.0959 e. The Kier molecular flexibility index (Phi) is 5.28. The molecular weight excluding hydrogens is 392 g/mol. The Morgan fingerprint density at radius 1 is 1.07 bits per heavy atom. The van der Waals surface area contributed by atoms with Crippen LogP contribution in [0.2, 0.25) is 5.02 Å². The zero-order valence-corrected chi connectivity index (χ0v) is 17.9. The molecule has 0 bridgehead atoms. The van der Waals surface area contributed by atoms with E-state index < -0.39 is 0 Å². The first kappa shape index (κ1) is 19.3. The summed E-state index contributed by atoms with van der Waals surface area (Å²) < 4.78 is 2.39. The number of likely N-dealkylation sites (tertiary alicyclic amines) is 1. The van der Waals surface area contributed by atoms with Crippen molar-refractivity contribution in [1.29, 1.82) is 0 Å². The van der Waals surface area contributed by atoms with Gasteiger partial charge in [-0.1, -0.05) is 23.7 Å². The van der Waals surface area contributed by atoms with E-state index >= 15 is 0 Å². The van der Waals surface area contributed by atoms with Gasteiger partial charge in [0.2, 0.25) is 0 Å². The van der Waals surface area contributed by atoms with Gasteiger partial charge in [-0.15, -0.1) is 0 Å². The van der Waals surface area contributed by atoms with Crippen LogP contribution < -0.4 is 0 Å². The Hall–Kier alpha value is -2.69. The number of halogens is 1. The first-order valence-corrected chi connectivity index (χ1v) is 10.9. The average Bonchev–Trinajstić information content (AvgIpc) is 3.13. The highest BCUT2D eigenvalue weighted by molar-refractivity contribution is 6.30. The summed E-state index contributed by atoms with van der Waals surface area (Å²) in [6, 6.07) is 14.3. The first-order chi connectivity index (χ1) is 14.7. The molecule has 1 unspecified atom stereocenters. The zero-order valence-electron chi connectivity index (χ0n) is 17.1. The van der Waals surface area contributed by atoms with E-state index in [1.807, 2.05) is 48.9 Å². The third-order valence-electron chi connectivity index (χ3n) is 6.04. The maximum Gasteiger partial charge on any atom is 0.0959 e. The summed E-state index contributed by atoms with van der Waals surface area (Å²) >= 11 is 6.05. The third-order valence-corrected chi connectivity index (χ3v) is 6.29. The van der Waals surface area contributed by atoms with Gasteiger partial charge in [0.05, 0.1) is 11.0 Å². The molecule has 152 valence electrons. The molecule has 1 atom stereocenters. The van der Waals surface area contributed by atoms with E-state index in [2.05, 4.69) is 39.8 Å². The van der Waals surface area contributed by atoms with Crippen molar-refractivity contribution in [3.05, 3.63) is 72.3 Å². The van der Waals surface area contributed by atoms with Gasteiger partial charge in [0.25, 0.3) is 0 Å². The van der Waals surface area contributed by atoms with Gasteiger partial charge in [-0.25, -0.2) is 0 Å². The molecule has 0 aliphatic carbocycles. The first-order valence-electron chi connectivity index (χ1n) is 10.5. The van der Waals surface area contributed by atoms with Crippen molar-refractivity contribution in [3.63, 3.8) is 0 Å². The number of benzene rings is 1. The maximum atomic E-state index is 6.05. The monoisotopic (exact) mass is 416 g/mol. The van der Waals surface area contributed by atoms with Crippen LogP contribution >= 0.6 is 11.6 Å². The summed E-state index contributed by atoms with van der Waals surface area (Å²) in [5, 5.41) is 0.739. The highest BCUT2D eigenvalue weighted by Crippen LogP contribution is 2.32. The summed E-state index contributed by atoms with van der Waals surface area (Å²) in [6.07, 6.45) is 10.5. The summed E-state index contributed by atoms with van der Waals surface area (Å²) in [5.41, 5.74) is 6.64. The molecule has 1 saturated heterocycles. The lowest BCUT2D eigenvalue weighted by atomic mass is 9.98. The van der Waals surface area contributed by atoms with Gasteiger partial charge in [0.1, 0.15) is 0 Å². The molecular formula is C25H25ClN4. The van der Waals surface area contributed by atoms with Crippen LogP contribution in [0.5, 0.6) is 0 Å². The van der Waals surface area contributed by atoms with Crippen LogP contribution in [0.15, 0.2) is 67.3 Å². The molecule has 0 N–H and O–H groups in total. The van der Waals surface area contributed by atoms with Crippen molar-refractivity contribution < 1.29 is 0 Å². The van der Waals surface area contributed by atoms with E-state index in [0.717, 1.165) is 45.9 Å².